The van der Waals surface area contributed by atoms with E-state index in [1.807, 2.05) is 0 Å². The number of para-hydroxylation sites is 1. The molecule has 0 aliphatic carbocycles. The molecule has 4 rings (SSSR count). The Morgan fingerprint density at radius 2 is 2.35 bits per heavy atom. The van der Waals surface area contributed by atoms with Crippen molar-refractivity contribution in [1.29, 1.82) is 0 Å². The normalized spacial score (nSPS) is 34.4. The molecule has 1 N–H and O–H groups in total. The molecule has 2 nitrogen and oxygen atoms in total. The molecule has 0 radical (unpaired) electrons. The number of aryl methyl sites for hydroxylation is 1. The van der Waals surface area contributed by atoms with Gasteiger partial charge in [0.1, 0.15) is 0 Å². The van der Waals surface area contributed by atoms with Crippen LogP contribution in [0.25, 0.3) is 0 Å². The first kappa shape index (κ1) is 9.95. The summed E-state index contributed by atoms with van der Waals surface area (Å²) in [6, 6.07) is 7.70. The summed E-state index contributed by atoms with van der Waals surface area (Å²) < 4.78 is 0. The third-order valence-electron chi connectivity index (χ3n) is 5.07. The number of nitrogens with zero attached hydrogens (tertiary/aromatic N) is 1. The van der Waals surface area contributed by atoms with Crippen LogP contribution in [0.1, 0.15) is 30.9 Å². The minimum Gasteiger partial charge on any atom is -0.367 e. The Kier molecular flexibility index (Phi) is 1.91. The number of fused-ring (bicyclic) bond motifs is 3. The molecule has 3 heterocycles. The van der Waals surface area contributed by atoms with E-state index in [2.05, 4.69) is 35.3 Å². The number of nitrogens with one attached hydrogen (secondary N) is 1. The molecule has 0 saturated carbocycles. The summed E-state index contributed by atoms with van der Waals surface area (Å²) in [6.07, 6.45) is 3.90. The van der Waals surface area contributed by atoms with Gasteiger partial charge in [0, 0.05) is 30.2 Å². The Morgan fingerprint density at radius 1 is 1.41 bits per heavy atom. The number of benzene rings is 1. The summed E-state index contributed by atoms with van der Waals surface area (Å²) in [5.74, 6) is 0. The van der Waals surface area contributed by atoms with E-state index in [-0.39, 0.29) is 0 Å². The van der Waals surface area contributed by atoms with Crippen LogP contribution >= 0.6 is 0 Å². The quantitative estimate of drug-likeness (QED) is 0.731. The molecule has 2 heteroatoms. The summed E-state index contributed by atoms with van der Waals surface area (Å²) >= 11 is 0. The van der Waals surface area contributed by atoms with Gasteiger partial charge in [-0.15, -0.1) is 0 Å². The van der Waals surface area contributed by atoms with Gasteiger partial charge in [-0.25, -0.2) is 0 Å². The lowest BCUT2D eigenvalue weighted by Gasteiger charge is -2.41. The van der Waals surface area contributed by atoms with Crippen LogP contribution in [-0.4, -0.2) is 25.7 Å². The lowest BCUT2D eigenvalue weighted by Crippen LogP contribution is -2.54. The highest BCUT2D eigenvalue weighted by Crippen LogP contribution is 2.50. The SMILES string of the molecule is C[C@]12CNCC[C@H]1N1CCCc3cccc2c31. The second-order valence-electron chi connectivity index (χ2n) is 6.01. The third-order valence-corrected chi connectivity index (χ3v) is 5.07. The predicted molar refractivity (Wildman–Crippen MR) is 70.7 cm³/mol. The van der Waals surface area contributed by atoms with E-state index in [0.29, 0.717) is 5.41 Å². The molecule has 17 heavy (non-hydrogen) atoms. The number of rotatable bonds is 0. The standard InChI is InChI=1S/C15H20N2/c1-15-10-16-8-7-13(15)17-9-3-5-11-4-2-6-12(15)14(11)17/h2,4,6,13,16H,3,5,7-10H2,1H3/t13-,15-/m1/s1. The molecule has 3 aliphatic rings. The molecule has 1 aromatic rings. The zero-order valence-electron chi connectivity index (χ0n) is 10.5. The molecule has 1 saturated heterocycles. The first-order valence-corrected chi connectivity index (χ1v) is 6.90. The van der Waals surface area contributed by atoms with Crippen LogP contribution in [0.3, 0.4) is 0 Å². The Bertz CT molecular complexity index is 468. The Labute approximate surface area is 103 Å². The van der Waals surface area contributed by atoms with Gasteiger partial charge in [0.05, 0.1) is 0 Å². The van der Waals surface area contributed by atoms with Gasteiger partial charge in [0.25, 0.3) is 0 Å². The minimum atomic E-state index is 0.341. The molecule has 0 bridgehead atoms. The van der Waals surface area contributed by atoms with Gasteiger partial charge in [-0.05, 0) is 36.9 Å². The van der Waals surface area contributed by atoms with Gasteiger partial charge < -0.3 is 10.2 Å². The van der Waals surface area contributed by atoms with Crippen molar-refractivity contribution in [2.24, 2.45) is 0 Å². The second-order valence-corrected chi connectivity index (χ2v) is 6.01. The monoisotopic (exact) mass is 228 g/mol. The average Bonchev–Trinajstić information content (AvgIpc) is 2.63. The van der Waals surface area contributed by atoms with Gasteiger partial charge in [0.15, 0.2) is 0 Å². The maximum Gasteiger partial charge on any atom is 0.0441 e. The second kappa shape index (κ2) is 3.26. The van der Waals surface area contributed by atoms with E-state index < -0.39 is 0 Å². The largest absolute Gasteiger partial charge is 0.367 e. The van der Waals surface area contributed by atoms with Crippen LogP contribution in [0.4, 0.5) is 5.69 Å². The van der Waals surface area contributed by atoms with Crippen LogP contribution in [0, 0.1) is 0 Å². The Hall–Kier alpha value is -1.02. The molecule has 0 amide bonds. The zero-order chi connectivity index (χ0) is 11.5. The first-order chi connectivity index (χ1) is 8.31. The molecular weight excluding hydrogens is 208 g/mol. The van der Waals surface area contributed by atoms with Crippen molar-refractivity contribution in [2.75, 3.05) is 24.5 Å². The summed E-state index contributed by atoms with van der Waals surface area (Å²) in [7, 11) is 0. The zero-order valence-corrected chi connectivity index (χ0v) is 10.5. The fourth-order valence-electron chi connectivity index (χ4n) is 4.25. The molecule has 2 atom stereocenters. The van der Waals surface area contributed by atoms with Crippen LogP contribution in [0.5, 0.6) is 0 Å². The van der Waals surface area contributed by atoms with Crippen molar-refractivity contribution in [1.82, 2.24) is 5.32 Å². The molecular formula is C15H20N2. The van der Waals surface area contributed by atoms with Crippen molar-refractivity contribution >= 4 is 5.69 Å². The number of hydrogen-bond donors (Lipinski definition) is 1. The van der Waals surface area contributed by atoms with Crippen molar-refractivity contribution in [2.45, 2.75) is 37.6 Å². The Morgan fingerprint density at radius 3 is 3.29 bits per heavy atom. The van der Waals surface area contributed by atoms with Crippen LogP contribution in [0.15, 0.2) is 18.2 Å². The highest BCUT2D eigenvalue weighted by Gasteiger charge is 2.49. The summed E-state index contributed by atoms with van der Waals surface area (Å²) in [6.45, 7) is 6.05. The summed E-state index contributed by atoms with van der Waals surface area (Å²) in [5, 5.41) is 3.60. The van der Waals surface area contributed by atoms with Gasteiger partial charge in [-0.3, -0.25) is 0 Å². The van der Waals surface area contributed by atoms with Crippen LogP contribution in [-0.2, 0) is 11.8 Å². The highest BCUT2D eigenvalue weighted by molar-refractivity contribution is 5.70. The topological polar surface area (TPSA) is 15.3 Å². The third kappa shape index (κ3) is 1.14. The lowest BCUT2D eigenvalue weighted by atomic mass is 9.75. The first-order valence-electron chi connectivity index (χ1n) is 6.90. The van der Waals surface area contributed by atoms with Crippen molar-refractivity contribution in [3.8, 4) is 0 Å². The molecule has 1 fully saturated rings. The van der Waals surface area contributed by atoms with Gasteiger partial charge in [-0.1, -0.05) is 25.1 Å². The van der Waals surface area contributed by atoms with Gasteiger partial charge >= 0.3 is 0 Å². The molecule has 0 aromatic heterocycles. The van der Waals surface area contributed by atoms with Crippen molar-refractivity contribution in [3.63, 3.8) is 0 Å². The van der Waals surface area contributed by atoms with Crippen molar-refractivity contribution < 1.29 is 0 Å². The van der Waals surface area contributed by atoms with Crippen LogP contribution in [0.2, 0.25) is 0 Å². The van der Waals surface area contributed by atoms with E-state index in [1.165, 1.54) is 32.4 Å². The molecule has 1 aromatic carbocycles. The fourth-order valence-corrected chi connectivity index (χ4v) is 4.25. The maximum atomic E-state index is 3.60. The Balaban J connectivity index is 1.95. The molecule has 0 unspecified atom stereocenters. The smallest absolute Gasteiger partial charge is 0.0441 e. The molecule has 90 valence electrons. The highest BCUT2D eigenvalue weighted by atomic mass is 15.2. The number of anilines is 1. The van der Waals surface area contributed by atoms with Gasteiger partial charge in [0.2, 0.25) is 0 Å². The minimum absolute atomic E-state index is 0.341. The van der Waals surface area contributed by atoms with E-state index in [1.54, 1.807) is 16.8 Å². The van der Waals surface area contributed by atoms with E-state index in [0.717, 1.165) is 12.6 Å². The summed E-state index contributed by atoms with van der Waals surface area (Å²) in [5.41, 5.74) is 5.12. The lowest BCUT2D eigenvalue weighted by molar-refractivity contribution is 0.297. The molecule has 0 spiro atoms. The summed E-state index contributed by atoms with van der Waals surface area (Å²) in [4.78, 5) is 2.72. The van der Waals surface area contributed by atoms with E-state index in [4.69, 9.17) is 0 Å². The predicted octanol–water partition coefficient (Wildman–Crippen LogP) is 2.07. The van der Waals surface area contributed by atoms with Crippen LogP contribution < -0.4 is 10.2 Å². The number of piperidine rings is 1. The maximum absolute atomic E-state index is 3.60. The fraction of sp³-hybridized carbons (Fsp3) is 0.600. The van der Waals surface area contributed by atoms with E-state index in [9.17, 15) is 0 Å². The van der Waals surface area contributed by atoms with E-state index >= 15 is 0 Å². The van der Waals surface area contributed by atoms with Gasteiger partial charge in [-0.2, -0.15) is 0 Å². The molecule has 3 aliphatic heterocycles. The van der Waals surface area contributed by atoms with Crippen molar-refractivity contribution in [3.05, 3.63) is 29.3 Å². The average molecular weight is 228 g/mol. The number of hydrogen-bond acceptors (Lipinski definition) is 2.